The Labute approximate surface area is 124 Å². The largest absolute Gasteiger partial charge is 0.376 e. The first kappa shape index (κ1) is 14.3. The van der Waals surface area contributed by atoms with Crippen LogP contribution in [0.15, 0.2) is 6.33 Å². The average Bonchev–Trinajstić information content (AvgIpc) is 3.16. The molecule has 1 aromatic heterocycles. The number of carbonyl (C=O) groups is 1. The highest BCUT2D eigenvalue weighted by molar-refractivity contribution is 5.74. The Morgan fingerprint density at radius 3 is 3.10 bits per heavy atom. The highest BCUT2D eigenvalue weighted by Gasteiger charge is 2.28. The van der Waals surface area contributed by atoms with Gasteiger partial charge in [0.05, 0.1) is 6.10 Å². The van der Waals surface area contributed by atoms with E-state index < -0.39 is 0 Å². The molecule has 116 valence electrons. The molecular formula is C14H23N5O2. The van der Waals surface area contributed by atoms with Gasteiger partial charge in [-0.05, 0) is 25.7 Å². The molecule has 0 bridgehead atoms. The molecule has 2 aliphatic heterocycles. The van der Waals surface area contributed by atoms with Crippen LogP contribution in [0.5, 0.6) is 0 Å². The molecule has 0 saturated carbocycles. The second kappa shape index (κ2) is 6.43. The van der Waals surface area contributed by atoms with E-state index in [1.54, 1.807) is 6.33 Å². The van der Waals surface area contributed by atoms with Gasteiger partial charge in [0.25, 0.3) is 0 Å². The Kier molecular flexibility index (Phi) is 4.38. The van der Waals surface area contributed by atoms with Crippen molar-refractivity contribution < 1.29 is 9.53 Å². The number of ether oxygens (including phenoxy) is 1. The molecule has 0 aromatic carbocycles. The average molecular weight is 293 g/mol. The predicted octanol–water partition coefficient (Wildman–Crippen LogP) is 0.883. The van der Waals surface area contributed by atoms with Crippen LogP contribution in [0, 0.1) is 0 Å². The van der Waals surface area contributed by atoms with E-state index >= 15 is 0 Å². The summed E-state index contributed by atoms with van der Waals surface area (Å²) in [6.45, 7) is 2.96. The number of aromatic nitrogens is 3. The number of rotatable bonds is 3. The van der Waals surface area contributed by atoms with E-state index in [9.17, 15) is 4.79 Å². The maximum absolute atomic E-state index is 12.3. The second-order valence-corrected chi connectivity index (χ2v) is 5.91. The van der Waals surface area contributed by atoms with E-state index in [1.165, 1.54) is 0 Å². The SMILES string of the molecule is Cn1cnnc1C1CCCN(C(=O)NCC2CCCO2)C1. The Bertz CT molecular complexity index is 483. The number of piperidine rings is 1. The normalized spacial score (nSPS) is 26.0. The van der Waals surface area contributed by atoms with Gasteiger partial charge in [-0.15, -0.1) is 10.2 Å². The summed E-state index contributed by atoms with van der Waals surface area (Å²) in [5, 5.41) is 11.1. The topological polar surface area (TPSA) is 72.3 Å². The molecule has 3 heterocycles. The number of hydrogen-bond acceptors (Lipinski definition) is 4. The summed E-state index contributed by atoms with van der Waals surface area (Å²) in [6.07, 6.45) is 6.10. The minimum atomic E-state index is 0.0115. The van der Waals surface area contributed by atoms with Gasteiger partial charge in [0.1, 0.15) is 12.2 Å². The number of nitrogens with zero attached hydrogens (tertiary/aromatic N) is 4. The summed E-state index contributed by atoms with van der Waals surface area (Å²) >= 11 is 0. The van der Waals surface area contributed by atoms with Gasteiger partial charge in [0, 0.05) is 39.2 Å². The minimum absolute atomic E-state index is 0.0115. The zero-order valence-corrected chi connectivity index (χ0v) is 12.5. The van der Waals surface area contributed by atoms with E-state index in [-0.39, 0.29) is 18.1 Å². The van der Waals surface area contributed by atoms with Crippen LogP contribution in [0.3, 0.4) is 0 Å². The van der Waals surface area contributed by atoms with Crippen LogP contribution < -0.4 is 5.32 Å². The molecule has 7 heteroatoms. The molecule has 2 amide bonds. The number of amides is 2. The van der Waals surface area contributed by atoms with Gasteiger partial charge >= 0.3 is 6.03 Å². The first-order valence-electron chi connectivity index (χ1n) is 7.72. The van der Waals surface area contributed by atoms with Crippen molar-refractivity contribution in [2.75, 3.05) is 26.2 Å². The lowest BCUT2D eigenvalue weighted by Gasteiger charge is -2.32. The van der Waals surface area contributed by atoms with Crippen molar-refractivity contribution >= 4 is 6.03 Å². The van der Waals surface area contributed by atoms with E-state index in [1.807, 2.05) is 16.5 Å². The molecule has 1 N–H and O–H groups in total. The lowest BCUT2D eigenvalue weighted by molar-refractivity contribution is 0.107. The Morgan fingerprint density at radius 1 is 1.48 bits per heavy atom. The summed E-state index contributed by atoms with van der Waals surface area (Å²) in [6, 6.07) is 0.0115. The summed E-state index contributed by atoms with van der Waals surface area (Å²) in [7, 11) is 1.95. The summed E-state index contributed by atoms with van der Waals surface area (Å²) in [5.74, 6) is 1.24. The van der Waals surface area contributed by atoms with E-state index in [4.69, 9.17) is 4.74 Å². The molecule has 7 nitrogen and oxygen atoms in total. The number of likely N-dealkylation sites (tertiary alicyclic amines) is 1. The fourth-order valence-electron chi connectivity index (χ4n) is 3.15. The van der Waals surface area contributed by atoms with Crippen LogP contribution in [-0.4, -0.2) is 58.0 Å². The van der Waals surface area contributed by atoms with Crippen LogP contribution in [0.4, 0.5) is 4.79 Å². The zero-order chi connectivity index (χ0) is 14.7. The molecule has 2 fully saturated rings. The maximum atomic E-state index is 12.3. The molecule has 0 aliphatic carbocycles. The van der Waals surface area contributed by atoms with Crippen molar-refractivity contribution in [2.24, 2.45) is 7.05 Å². The molecule has 1 aromatic rings. The molecule has 21 heavy (non-hydrogen) atoms. The van der Waals surface area contributed by atoms with Gasteiger partial charge < -0.3 is 19.5 Å². The van der Waals surface area contributed by atoms with Crippen molar-refractivity contribution in [3.8, 4) is 0 Å². The van der Waals surface area contributed by atoms with Crippen molar-refractivity contribution in [1.82, 2.24) is 25.0 Å². The summed E-state index contributed by atoms with van der Waals surface area (Å²) in [5.41, 5.74) is 0. The van der Waals surface area contributed by atoms with Gasteiger partial charge in [-0.3, -0.25) is 0 Å². The molecular weight excluding hydrogens is 270 g/mol. The number of urea groups is 1. The third kappa shape index (κ3) is 3.34. The van der Waals surface area contributed by atoms with Gasteiger partial charge in [0.2, 0.25) is 0 Å². The lowest BCUT2D eigenvalue weighted by atomic mass is 9.97. The highest BCUT2D eigenvalue weighted by atomic mass is 16.5. The van der Waals surface area contributed by atoms with E-state index in [0.717, 1.165) is 44.7 Å². The first-order chi connectivity index (χ1) is 10.2. The van der Waals surface area contributed by atoms with E-state index in [2.05, 4.69) is 15.5 Å². The predicted molar refractivity (Wildman–Crippen MR) is 76.9 cm³/mol. The standard InChI is InChI=1S/C14H23N5O2/c1-18-10-16-17-13(18)11-4-2-6-19(9-11)14(20)15-8-12-5-3-7-21-12/h10-12H,2-9H2,1H3,(H,15,20). The van der Waals surface area contributed by atoms with E-state index in [0.29, 0.717) is 13.1 Å². The van der Waals surface area contributed by atoms with Crippen LogP contribution in [0.2, 0.25) is 0 Å². The third-order valence-electron chi connectivity index (χ3n) is 4.33. The lowest BCUT2D eigenvalue weighted by Crippen LogP contribution is -2.47. The Morgan fingerprint density at radius 2 is 2.38 bits per heavy atom. The van der Waals surface area contributed by atoms with Gasteiger partial charge in [0.15, 0.2) is 0 Å². The molecule has 3 rings (SSSR count). The molecule has 0 radical (unpaired) electrons. The summed E-state index contributed by atoms with van der Waals surface area (Å²) < 4.78 is 7.47. The molecule has 0 spiro atoms. The van der Waals surface area contributed by atoms with Gasteiger partial charge in [-0.25, -0.2) is 4.79 Å². The van der Waals surface area contributed by atoms with Crippen LogP contribution in [0.1, 0.15) is 37.4 Å². The molecule has 2 aliphatic rings. The van der Waals surface area contributed by atoms with Crippen molar-refractivity contribution in [2.45, 2.75) is 37.7 Å². The monoisotopic (exact) mass is 293 g/mol. The van der Waals surface area contributed by atoms with Crippen LogP contribution >= 0.6 is 0 Å². The minimum Gasteiger partial charge on any atom is -0.376 e. The number of carbonyl (C=O) groups excluding carboxylic acids is 1. The fourth-order valence-corrected chi connectivity index (χ4v) is 3.15. The number of hydrogen-bond donors (Lipinski definition) is 1. The van der Waals surface area contributed by atoms with Gasteiger partial charge in [-0.1, -0.05) is 0 Å². The summed E-state index contributed by atoms with van der Waals surface area (Å²) in [4.78, 5) is 14.2. The van der Waals surface area contributed by atoms with Crippen LogP contribution in [0.25, 0.3) is 0 Å². The van der Waals surface area contributed by atoms with Gasteiger partial charge in [-0.2, -0.15) is 0 Å². The number of nitrogens with one attached hydrogen (secondary N) is 1. The van der Waals surface area contributed by atoms with Crippen LogP contribution in [-0.2, 0) is 11.8 Å². The quantitative estimate of drug-likeness (QED) is 0.898. The Balaban J connectivity index is 1.53. The first-order valence-corrected chi connectivity index (χ1v) is 7.72. The smallest absolute Gasteiger partial charge is 0.317 e. The highest BCUT2D eigenvalue weighted by Crippen LogP contribution is 2.25. The Hall–Kier alpha value is -1.63. The van der Waals surface area contributed by atoms with Crippen molar-refractivity contribution in [3.05, 3.63) is 12.2 Å². The fraction of sp³-hybridized carbons (Fsp3) is 0.786. The molecule has 2 saturated heterocycles. The van der Waals surface area contributed by atoms with Crippen molar-refractivity contribution in [3.63, 3.8) is 0 Å². The molecule has 2 unspecified atom stereocenters. The molecule has 2 atom stereocenters. The third-order valence-corrected chi connectivity index (χ3v) is 4.33. The maximum Gasteiger partial charge on any atom is 0.317 e. The second-order valence-electron chi connectivity index (χ2n) is 5.91. The van der Waals surface area contributed by atoms with Crippen molar-refractivity contribution in [1.29, 1.82) is 0 Å². The zero-order valence-electron chi connectivity index (χ0n) is 12.5. The number of aryl methyl sites for hydroxylation is 1.